The average molecular weight is 317 g/mol. The molecule has 3 rings (SSSR count). The van der Waals surface area contributed by atoms with Gasteiger partial charge in [-0.05, 0) is 18.2 Å². The summed E-state index contributed by atoms with van der Waals surface area (Å²) in [6, 6.07) is 14.7. The normalized spacial score (nSPS) is 10.7. The maximum Gasteiger partial charge on any atom is 0.373 e. The smallest absolute Gasteiger partial charge is 0.373 e. The van der Waals surface area contributed by atoms with Crippen LogP contribution in [0.25, 0.3) is 10.9 Å². The first kappa shape index (κ1) is 13.9. The molecule has 0 aliphatic heterocycles. The zero-order chi connectivity index (χ0) is 14.8. The van der Waals surface area contributed by atoms with Crippen LogP contribution in [-0.2, 0) is 0 Å². The number of aromatic carboxylic acids is 1. The molecule has 0 aliphatic rings. The molecule has 3 aromatic rings. The Hall–Kier alpha value is -2.11. The van der Waals surface area contributed by atoms with Crippen LogP contribution >= 0.6 is 23.4 Å². The number of aromatic nitrogens is 2. The predicted octanol–water partition coefficient (Wildman–Crippen LogP) is 4.13. The molecule has 4 nitrogen and oxygen atoms in total. The third kappa shape index (κ3) is 2.84. The quantitative estimate of drug-likeness (QED) is 0.736. The number of fused-ring (bicyclic) bond motifs is 1. The van der Waals surface area contributed by atoms with Crippen molar-refractivity contribution in [2.75, 3.05) is 0 Å². The average Bonchev–Trinajstić information content (AvgIpc) is 2.49. The first-order chi connectivity index (χ1) is 10.1. The fraction of sp³-hybridized carbons (Fsp3) is 0. The van der Waals surface area contributed by atoms with E-state index in [-0.39, 0.29) is 5.82 Å². The number of rotatable bonds is 3. The Labute approximate surface area is 129 Å². The second-order valence-electron chi connectivity index (χ2n) is 4.21. The second-order valence-corrected chi connectivity index (χ2v) is 5.65. The molecule has 0 saturated heterocycles. The number of nitrogens with zero attached hydrogens (tertiary/aromatic N) is 2. The van der Waals surface area contributed by atoms with E-state index < -0.39 is 5.97 Å². The van der Waals surface area contributed by atoms with Crippen LogP contribution in [0.4, 0.5) is 0 Å². The molecule has 1 heterocycles. The van der Waals surface area contributed by atoms with Gasteiger partial charge in [-0.2, -0.15) is 0 Å². The number of carboxylic acids is 1. The Morgan fingerprint density at radius 3 is 2.52 bits per heavy atom. The van der Waals surface area contributed by atoms with Crippen molar-refractivity contribution in [3.63, 3.8) is 0 Å². The van der Waals surface area contributed by atoms with Gasteiger partial charge in [-0.1, -0.05) is 53.7 Å². The van der Waals surface area contributed by atoms with E-state index in [1.54, 1.807) is 12.1 Å². The summed E-state index contributed by atoms with van der Waals surface area (Å²) in [5.74, 6) is -1.37. The van der Waals surface area contributed by atoms with Crippen molar-refractivity contribution < 1.29 is 9.90 Å². The Morgan fingerprint density at radius 1 is 1.05 bits per heavy atom. The van der Waals surface area contributed by atoms with Crippen LogP contribution in [0, 0.1) is 0 Å². The van der Waals surface area contributed by atoms with Gasteiger partial charge in [-0.3, -0.25) is 0 Å². The molecule has 6 heteroatoms. The molecule has 1 N–H and O–H groups in total. The van der Waals surface area contributed by atoms with Gasteiger partial charge < -0.3 is 5.11 Å². The van der Waals surface area contributed by atoms with Crippen LogP contribution in [0.5, 0.6) is 0 Å². The van der Waals surface area contributed by atoms with E-state index in [1.165, 1.54) is 11.8 Å². The van der Waals surface area contributed by atoms with Crippen LogP contribution in [0.15, 0.2) is 58.5 Å². The summed E-state index contributed by atoms with van der Waals surface area (Å²) in [6.07, 6.45) is 0. The Balaban J connectivity index is 2.16. The number of carbonyl (C=O) groups is 1. The highest BCUT2D eigenvalue weighted by Crippen LogP contribution is 2.35. The van der Waals surface area contributed by atoms with E-state index in [0.717, 1.165) is 10.3 Å². The fourth-order valence-corrected chi connectivity index (χ4v) is 3.04. The van der Waals surface area contributed by atoms with E-state index in [2.05, 4.69) is 9.97 Å². The van der Waals surface area contributed by atoms with E-state index in [0.29, 0.717) is 15.6 Å². The lowest BCUT2D eigenvalue weighted by molar-refractivity contribution is 0.0683. The standard InChI is InChI=1S/C15H9ClN2O2S/c16-10-6-2-4-8-12(10)21-14-9-5-1-3-7-11(9)17-13(18-14)15(19)20/h1-8H,(H,19,20). The lowest BCUT2D eigenvalue weighted by Gasteiger charge is -2.07. The Morgan fingerprint density at radius 2 is 1.76 bits per heavy atom. The zero-order valence-corrected chi connectivity index (χ0v) is 12.2. The van der Waals surface area contributed by atoms with Crippen LogP contribution in [0.1, 0.15) is 10.6 Å². The zero-order valence-electron chi connectivity index (χ0n) is 10.7. The topological polar surface area (TPSA) is 63.1 Å². The van der Waals surface area contributed by atoms with E-state index in [4.69, 9.17) is 16.7 Å². The summed E-state index contributed by atoms with van der Waals surface area (Å²) in [4.78, 5) is 20.1. The van der Waals surface area contributed by atoms with E-state index in [9.17, 15) is 4.79 Å². The van der Waals surface area contributed by atoms with Gasteiger partial charge in [0.1, 0.15) is 5.03 Å². The largest absolute Gasteiger partial charge is 0.475 e. The Bertz CT molecular complexity index is 839. The van der Waals surface area contributed by atoms with Crippen LogP contribution < -0.4 is 0 Å². The van der Waals surface area contributed by atoms with Crippen molar-refractivity contribution in [3.05, 3.63) is 59.4 Å². The molecule has 0 atom stereocenters. The lowest BCUT2D eigenvalue weighted by Crippen LogP contribution is -2.05. The minimum atomic E-state index is -1.15. The minimum absolute atomic E-state index is 0.219. The number of halogens is 1. The molecular weight excluding hydrogens is 308 g/mol. The maximum atomic E-state index is 11.2. The molecule has 21 heavy (non-hydrogen) atoms. The Kier molecular flexibility index (Phi) is 3.77. The molecule has 0 fully saturated rings. The van der Waals surface area contributed by atoms with Crippen molar-refractivity contribution in [2.45, 2.75) is 9.92 Å². The summed E-state index contributed by atoms with van der Waals surface area (Å²) < 4.78 is 0. The highest BCUT2D eigenvalue weighted by molar-refractivity contribution is 7.99. The van der Waals surface area contributed by atoms with Gasteiger partial charge in [0, 0.05) is 10.3 Å². The fourth-order valence-electron chi connectivity index (χ4n) is 1.85. The molecule has 0 radical (unpaired) electrons. The number of carboxylic acid groups (broad SMARTS) is 1. The highest BCUT2D eigenvalue weighted by atomic mass is 35.5. The van der Waals surface area contributed by atoms with Crippen molar-refractivity contribution >= 4 is 40.2 Å². The number of hydrogen-bond donors (Lipinski definition) is 1. The predicted molar refractivity (Wildman–Crippen MR) is 82.1 cm³/mol. The summed E-state index contributed by atoms with van der Waals surface area (Å²) in [7, 11) is 0. The maximum absolute atomic E-state index is 11.2. The molecule has 0 bridgehead atoms. The number of para-hydroxylation sites is 1. The van der Waals surface area contributed by atoms with Gasteiger partial charge in [0.05, 0.1) is 10.5 Å². The SMILES string of the molecule is O=C(O)c1nc(Sc2ccccc2Cl)c2ccccc2n1. The highest BCUT2D eigenvalue weighted by Gasteiger charge is 2.14. The van der Waals surface area contributed by atoms with Gasteiger partial charge in [0.2, 0.25) is 5.82 Å². The minimum Gasteiger partial charge on any atom is -0.475 e. The van der Waals surface area contributed by atoms with Crippen LogP contribution in [0.3, 0.4) is 0 Å². The summed E-state index contributed by atoms with van der Waals surface area (Å²) >= 11 is 7.48. The molecule has 1 aromatic heterocycles. The second kappa shape index (κ2) is 5.71. The van der Waals surface area contributed by atoms with Crippen molar-refractivity contribution in [2.24, 2.45) is 0 Å². The monoisotopic (exact) mass is 316 g/mol. The molecule has 0 amide bonds. The molecule has 0 spiro atoms. The molecular formula is C15H9ClN2O2S. The van der Waals surface area contributed by atoms with Crippen molar-refractivity contribution in [3.8, 4) is 0 Å². The molecule has 2 aromatic carbocycles. The summed E-state index contributed by atoms with van der Waals surface area (Å²) in [5, 5.41) is 11.1. The van der Waals surface area contributed by atoms with Gasteiger partial charge in [0.25, 0.3) is 0 Å². The van der Waals surface area contributed by atoms with Gasteiger partial charge in [0.15, 0.2) is 0 Å². The molecule has 0 aliphatic carbocycles. The number of benzene rings is 2. The van der Waals surface area contributed by atoms with Crippen molar-refractivity contribution in [1.29, 1.82) is 0 Å². The third-order valence-electron chi connectivity index (χ3n) is 2.80. The summed E-state index contributed by atoms with van der Waals surface area (Å²) in [5.41, 5.74) is 0.597. The molecule has 0 saturated carbocycles. The van der Waals surface area contributed by atoms with Crippen molar-refractivity contribution in [1.82, 2.24) is 9.97 Å². The number of hydrogen-bond acceptors (Lipinski definition) is 4. The molecule has 0 unspecified atom stereocenters. The third-order valence-corrected chi connectivity index (χ3v) is 4.32. The summed E-state index contributed by atoms with van der Waals surface area (Å²) in [6.45, 7) is 0. The van der Waals surface area contributed by atoms with Crippen LogP contribution in [0.2, 0.25) is 5.02 Å². The van der Waals surface area contributed by atoms with E-state index >= 15 is 0 Å². The van der Waals surface area contributed by atoms with Gasteiger partial charge >= 0.3 is 5.97 Å². The van der Waals surface area contributed by atoms with Gasteiger partial charge in [-0.15, -0.1) is 0 Å². The van der Waals surface area contributed by atoms with Gasteiger partial charge in [-0.25, -0.2) is 14.8 Å². The first-order valence-corrected chi connectivity index (χ1v) is 7.27. The first-order valence-electron chi connectivity index (χ1n) is 6.07. The van der Waals surface area contributed by atoms with Crippen LogP contribution in [-0.4, -0.2) is 21.0 Å². The lowest BCUT2D eigenvalue weighted by atomic mass is 10.2. The van der Waals surface area contributed by atoms with E-state index in [1.807, 2.05) is 36.4 Å². The molecule has 104 valence electrons.